The topological polar surface area (TPSA) is 79.8 Å². The minimum atomic E-state index is -0.957. The van der Waals surface area contributed by atoms with Crippen LogP contribution in [0.3, 0.4) is 0 Å². The molecule has 24 heavy (non-hydrogen) atoms. The van der Waals surface area contributed by atoms with Crippen LogP contribution < -0.4 is 0 Å². The van der Waals surface area contributed by atoms with E-state index < -0.39 is 17.5 Å². The Morgan fingerprint density at radius 2 is 1.50 bits per heavy atom. The molecule has 2 aromatic carbocycles. The fourth-order valence-electron chi connectivity index (χ4n) is 2.16. The van der Waals surface area contributed by atoms with Crippen LogP contribution in [0.4, 0.5) is 0 Å². The largest absolute Gasteiger partial charge is 0.457 e. The highest BCUT2D eigenvalue weighted by atomic mass is 16.5. The highest BCUT2D eigenvalue weighted by Crippen LogP contribution is 2.23. The average molecular weight is 320 g/mol. The van der Waals surface area contributed by atoms with Gasteiger partial charge in [0.2, 0.25) is 0 Å². The third kappa shape index (κ3) is 4.12. The number of hydrogen-bond acceptors (Lipinski definition) is 3. The van der Waals surface area contributed by atoms with Crippen LogP contribution in [0.1, 0.15) is 18.1 Å². The van der Waals surface area contributed by atoms with Crippen molar-refractivity contribution < 1.29 is 19.1 Å². The standard InChI is InChI=1S/C19H16N2O3/c1-2-24-19(23)18(21-20)17(22)13-16(14-9-5-3-6-10-14)15-11-7-4-8-12-15/h3-13H,2H2,1H3. The Balaban J connectivity index is 2.48. The van der Waals surface area contributed by atoms with E-state index in [1.807, 2.05) is 60.7 Å². The summed E-state index contributed by atoms with van der Waals surface area (Å²) in [6.45, 7) is 1.69. The average Bonchev–Trinajstić information content (AvgIpc) is 2.62. The zero-order valence-corrected chi connectivity index (χ0v) is 13.2. The lowest BCUT2D eigenvalue weighted by Crippen LogP contribution is -2.26. The quantitative estimate of drug-likeness (QED) is 0.205. The van der Waals surface area contributed by atoms with Gasteiger partial charge < -0.3 is 10.3 Å². The Morgan fingerprint density at radius 3 is 1.92 bits per heavy atom. The van der Waals surface area contributed by atoms with Crippen molar-refractivity contribution in [3.05, 3.63) is 83.4 Å². The molecule has 0 saturated heterocycles. The molecule has 0 aliphatic carbocycles. The zero-order valence-electron chi connectivity index (χ0n) is 13.2. The number of ketones is 1. The number of rotatable bonds is 6. The van der Waals surface area contributed by atoms with E-state index in [1.165, 1.54) is 6.08 Å². The van der Waals surface area contributed by atoms with Crippen LogP contribution in [-0.2, 0) is 14.3 Å². The third-order valence-electron chi connectivity index (χ3n) is 3.25. The summed E-state index contributed by atoms with van der Waals surface area (Å²) in [5.41, 5.74) is 10.6. The Hall–Kier alpha value is -3.30. The summed E-state index contributed by atoms with van der Waals surface area (Å²) in [4.78, 5) is 26.9. The number of hydrogen-bond donors (Lipinski definition) is 0. The maximum Gasteiger partial charge on any atom is 0.445 e. The molecule has 0 radical (unpaired) electrons. The van der Waals surface area contributed by atoms with Gasteiger partial charge in [0, 0.05) is 6.08 Å². The molecule has 0 unspecified atom stereocenters. The van der Waals surface area contributed by atoms with Crippen LogP contribution >= 0.6 is 0 Å². The molecule has 5 nitrogen and oxygen atoms in total. The van der Waals surface area contributed by atoms with Crippen molar-refractivity contribution in [3.8, 4) is 0 Å². The second kappa shape index (κ2) is 8.36. The summed E-state index contributed by atoms with van der Waals surface area (Å²) >= 11 is 0. The van der Waals surface area contributed by atoms with Crippen LogP contribution in [0, 0.1) is 0 Å². The molecule has 2 rings (SSSR count). The number of benzene rings is 2. The number of nitrogens with zero attached hydrogens (tertiary/aromatic N) is 2. The molecular formula is C19H16N2O3. The highest BCUT2D eigenvalue weighted by Gasteiger charge is 2.29. The molecule has 0 aliphatic heterocycles. The van der Waals surface area contributed by atoms with Gasteiger partial charge in [0.05, 0.1) is 6.61 Å². The van der Waals surface area contributed by atoms with Crippen molar-refractivity contribution in [3.63, 3.8) is 0 Å². The van der Waals surface area contributed by atoms with Crippen molar-refractivity contribution in [2.24, 2.45) is 0 Å². The number of allylic oxidation sites excluding steroid dienone is 1. The zero-order chi connectivity index (χ0) is 17.4. The molecule has 0 spiro atoms. The van der Waals surface area contributed by atoms with Gasteiger partial charge in [-0.2, -0.15) is 4.79 Å². The molecular weight excluding hydrogens is 304 g/mol. The molecule has 0 heterocycles. The van der Waals surface area contributed by atoms with E-state index in [0.29, 0.717) is 5.57 Å². The molecule has 0 amide bonds. The summed E-state index contributed by atoms with van der Waals surface area (Å²) in [6.07, 6.45) is 1.27. The predicted octanol–water partition coefficient (Wildman–Crippen LogP) is 2.92. The number of ether oxygens (including phenoxy) is 1. The fourth-order valence-corrected chi connectivity index (χ4v) is 2.16. The summed E-state index contributed by atoms with van der Waals surface area (Å²) < 4.78 is 4.73. The Bertz CT molecular complexity index is 764. The van der Waals surface area contributed by atoms with Gasteiger partial charge in [-0.05, 0) is 23.6 Å². The Morgan fingerprint density at radius 1 is 1.00 bits per heavy atom. The van der Waals surface area contributed by atoms with Gasteiger partial charge in [-0.1, -0.05) is 60.7 Å². The second-order valence-electron chi connectivity index (χ2n) is 4.82. The molecule has 0 aliphatic rings. The minimum absolute atomic E-state index is 0.0824. The molecule has 2 aromatic rings. The molecule has 5 heteroatoms. The van der Waals surface area contributed by atoms with E-state index in [1.54, 1.807) is 6.92 Å². The van der Waals surface area contributed by atoms with E-state index in [9.17, 15) is 9.59 Å². The summed E-state index contributed by atoms with van der Waals surface area (Å²) in [5.74, 6) is -1.68. The normalized spacial score (nSPS) is 9.54. The first-order chi connectivity index (χ1) is 11.7. The molecule has 0 aromatic heterocycles. The van der Waals surface area contributed by atoms with Crippen LogP contribution in [-0.4, -0.2) is 28.9 Å². The molecule has 120 valence electrons. The third-order valence-corrected chi connectivity index (χ3v) is 3.25. The molecule has 0 atom stereocenters. The van der Waals surface area contributed by atoms with E-state index >= 15 is 0 Å². The van der Waals surface area contributed by atoms with Gasteiger partial charge in [0.15, 0.2) is 0 Å². The van der Waals surface area contributed by atoms with Crippen molar-refractivity contribution in [2.75, 3.05) is 6.61 Å². The number of esters is 1. The van der Waals surface area contributed by atoms with Gasteiger partial charge in [0.25, 0.3) is 5.78 Å². The Kier molecular flexibility index (Phi) is 5.95. The lowest BCUT2D eigenvalue weighted by Gasteiger charge is -2.07. The van der Waals surface area contributed by atoms with Crippen LogP contribution in [0.25, 0.3) is 11.1 Å². The van der Waals surface area contributed by atoms with Gasteiger partial charge in [0.1, 0.15) is 0 Å². The fraction of sp³-hybridized carbons (Fsp3) is 0.105. The second-order valence-corrected chi connectivity index (χ2v) is 4.82. The van der Waals surface area contributed by atoms with Gasteiger partial charge in [-0.3, -0.25) is 4.79 Å². The van der Waals surface area contributed by atoms with Gasteiger partial charge in [-0.15, -0.1) is 0 Å². The lowest BCUT2D eigenvalue weighted by molar-refractivity contribution is -0.141. The van der Waals surface area contributed by atoms with Crippen molar-refractivity contribution in [1.82, 2.24) is 0 Å². The molecule has 0 fully saturated rings. The van der Waals surface area contributed by atoms with Crippen LogP contribution in [0.2, 0.25) is 0 Å². The first-order valence-electron chi connectivity index (χ1n) is 7.43. The minimum Gasteiger partial charge on any atom is -0.457 e. The number of carbonyl (C=O) groups excluding carboxylic acids is 2. The summed E-state index contributed by atoms with van der Waals surface area (Å²) in [5, 5.41) is 0. The van der Waals surface area contributed by atoms with Crippen molar-refractivity contribution >= 4 is 23.0 Å². The molecule has 0 saturated carbocycles. The van der Waals surface area contributed by atoms with E-state index in [4.69, 9.17) is 10.3 Å². The van der Waals surface area contributed by atoms with E-state index in [-0.39, 0.29) is 6.61 Å². The SMILES string of the molecule is CCOC(=O)C(=[N+]=[N-])C(=O)C=C(c1ccccc1)c1ccccc1. The summed E-state index contributed by atoms with van der Waals surface area (Å²) in [6, 6.07) is 18.6. The maximum absolute atomic E-state index is 12.4. The van der Waals surface area contributed by atoms with E-state index in [2.05, 4.69) is 4.79 Å². The van der Waals surface area contributed by atoms with Crippen LogP contribution in [0.5, 0.6) is 0 Å². The van der Waals surface area contributed by atoms with Gasteiger partial charge in [-0.25, -0.2) is 4.79 Å². The number of carbonyl (C=O) groups is 2. The van der Waals surface area contributed by atoms with Crippen LogP contribution in [0.15, 0.2) is 66.7 Å². The van der Waals surface area contributed by atoms with Gasteiger partial charge >= 0.3 is 11.7 Å². The smallest absolute Gasteiger partial charge is 0.445 e. The maximum atomic E-state index is 12.4. The van der Waals surface area contributed by atoms with E-state index in [0.717, 1.165) is 11.1 Å². The highest BCUT2D eigenvalue weighted by molar-refractivity contribution is 6.65. The summed E-state index contributed by atoms with van der Waals surface area (Å²) in [7, 11) is 0. The van der Waals surface area contributed by atoms with Crippen molar-refractivity contribution in [1.29, 1.82) is 0 Å². The first-order valence-corrected chi connectivity index (χ1v) is 7.43. The monoisotopic (exact) mass is 320 g/mol. The molecule has 0 N–H and O–H groups in total. The van der Waals surface area contributed by atoms with Crippen molar-refractivity contribution in [2.45, 2.75) is 6.92 Å². The lowest BCUT2D eigenvalue weighted by atomic mass is 9.96. The molecule has 0 bridgehead atoms. The first kappa shape index (κ1) is 17.1. The predicted molar refractivity (Wildman–Crippen MR) is 90.2 cm³/mol. The Labute approximate surface area is 139 Å².